The van der Waals surface area contributed by atoms with Crippen molar-refractivity contribution in [2.75, 3.05) is 12.0 Å². The van der Waals surface area contributed by atoms with E-state index in [4.69, 9.17) is 9.47 Å². The number of aromatic nitrogens is 1. The first-order valence-electron chi connectivity index (χ1n) is 11.1. The van der Waals surface area contributed by atoms with Gasteiger partial charge in [-0.1, -0.05) is 12.1 Å². The summed E-state index contributed by atoms with van der Waals surface area (Å²) in [6.07, 6.45) is 1.21. The van der Waals surface area contributed by atoms with Crippen LogP contribution in [0.15, 0.2) is 76.9 Å². The van der Waals surface area contributed by atoms with E-state index in [1.54, 1.807) is 68.4 Å². The van der Waals surface area contributed by atoms with E-state index in [-0.39, 0.29) is 23.0 Å². The lowest BCUT2D eigenvalue weighted by Crippen LogP contribution is -2.30. The minimum absolute atomic E-state index is 0.120. The van der Waals surface area contributed by atoms with E-state index in [9.17, 15) is 19.5 Å². The van der Waals surface area contributed by atoms with Crippen molar-refractivity contribution >= 4 is 45.0 Å². The van der Waals surface area contributed by atoms with Gasteiger partial charge in [-0.15, -0.1) is 0 Å². The van der Waals surface area contributed by atoms with Gasteiger partial charge in [-0.25, -0.2) is 4.79 Å². The number of Topliss-reactive ketones (excluding diaryl/α,β-unsaturated/α-hetero) is 1. The summed E-state index contributed by atoms with van der Waals surface area (Å²) in [6.45, 7) is 3.47. The Hall–Kier alpha value is -3.98. The van der Waals surface area contributed by atoms with Crippen LogP contribution in [0, 0.1) is 0 Å². The lowest BCUT2D eigenvalue weighted by molar-refractivity contribution is -0.132. The predicted molar refractivity (Wildman–Crippen MR) is 137 cm³/mol. The summed E-state index contributed by atoms with van der Waals surface area (Å²) in [4.78, 5) is 44.7. The molecule has 1 N–H and O–H groups in total. The lowest BCUT2D eigenvalue weighted by atomic mass is 9.98. The Kier molecular flexibility index (Phi) is 7.21. The molecule has 3 aromatic rings. The molecule has 1 saturated heterocycles. The molecule has 36 heavy (non-hydrogen) atoms. The fourth-order valence-corrected chi connectivity index (χ4v) is 4.49. The van der Waals surface area contributed by atoms with Crippen LogP contribution in [0.2, 0.25) is 0 Å². The molecule has 1 atom stereocenters. The third-order valence-corrected chi connectivity index (χ3v) is 6.16. The van der Waals surface area contributed by atoms with Crippen LogP contribution in [-0.2, 0) is 14.3 Å². The standard InChI is InChI=1S/C27H23BrN2O6/c1-15(2)36-27(34)17-7-6-8-18(13-17)30-23(20-9-4-5-12-29-20)22(25(32)26(30)33)24(31)16-10-11-21(35-3)19(28)14-16/h4-15,23,31H,1-3H3/b24-22+. The minimum atomic E-state index is -1.02. The Morgan fingerprint density at radius 3 is 2.47 bits per heavy atom. The molecule has 2 heterocycles. The van der Waals surface area contributed by atoms with Crippen LogP contribution >= 0.6 is 15.9 Å². The summed E-state index contributed by atoms with van der Waals surface area (Å²) in [5.74, 6) is -2.09. The summed E-state index contributed by atoms with van der Waals surface area (Å²) in [6, 6.07) is 15.1. The molecule has 1 fully saturated rings. The van der Waals surface area contributed by atoms with Crippen LogP contribution in [0.3, 0.4) is 0 Å². The monoisotopic (exact) mass is 550 g/mol. The molecular formula is C27H23BrN2O6. The van der Waals surface area contributed by atoms with Gasteiger partial charge in [0.15, 0.2) is 0 Å². The van der Waals surface area contributed by atoms with E-state index in [1.807, 2.05) is 0 Å². The third-order valence-electron chi connectivity index (χ3n) is 5.54. The number of pyridine rings is 1. The molecule has 2 aromatic carbocycles. The van der Waals surface area contributed by atoms with Gasteiger partial charge in [-0.2, -0.15) is 0 Å². The van der Waals surface area contributed by atoms with Crippen LogP contribution in [0.1, 0.15) is 41.5 Å². The highest BCUT2D eigenvalue weighted by Crippen LogP contribution is 2.42. The van der Waals surface area contributed by atoms with Crippen molar-refractivity contribution in [1.82, 2.24) is 4.98 Å². The van der Waals surface area contributed by atoms with Gasteiger partial charge in [-0.05, 0) is 78.3 Å². The molecule has 8 nitrogen and oxygen atoms in total. The molecule has 1 aliphatic heterocycles. The van der Waals surface area contributed by atoms with Gasteiger partial charge in [0.1, 0.15) is 17.6 Å². The molecule has 0 bridgehead atoms. The zero-order valence-electron chi connectivity index (χ0n) is 19.8. The van der Waals surface area contributed by atoms with E-state index in [0.29, 0.717) is 27.2 Å². The second-order valence-corrected chi connectivity index (χ2v) is 9.13. The molecule has 1 unspecified atom stereocenters. The molecule has 0 radical (unpaired) electrons. The summed E-state index contributed by atoms with van der Waals surface area (Å²) in [7, 11) is 1.51. The van der Waals surface area contributed by atoms with Gasteiger partial charge >= 0.3 is 5.97 Å². The summed E-state index contributed by atoms with van der Waals surface area (Å²) >= 11 is 3.38. The van der Waals surface area contributed by atoms with Crippen LogP contribution < -0.4 is 9.64 Å². The first kappa shape index (κ1) is 25.1. The molecule has 1 aliphatic rings. The Morgan fingerprint density at radius 1 is 1.06 bits per heavy atom. The van der Waals surface area contributed by atoms with Crippen LogP contribution in [0.5, 0.6) is 5.75 Å². The molecule has 0 saturated carbocycles. The van der Waals surface area contributed by atoms with Crippen molar-refractivity contribution in [1.29, 1.82) is 0 Å². The van der Waals surface area contributed by atoms with Crippen LogP contribution in [-0.4, -0.2) is 41.0 Å². The molecule has 1 amide bonds. The second kappa shape index (κ2) is 10.3. The van der Waals surface area contributed by atoms with Gasteiger partial charge in [0.25, 0.3) is 11.7 Å². The number of carbonyl (C=O) groups is 3. The molecular weight excluding hydrogens is 528 g/mol. The number of ketones is 1. The number of ether oxygens (including phenoxy) is 2. The van der Waals surface area contributed by atoms with Crippen LogP contribution in [0.25, 0.3) is 5.76 Å². The van der Waals surface area contributed by atoms with Crippen molar-refractivity contribution in [3.8, 4) is 5.75 Å². The number of nitrogens with zero attached hydrogens (tertiary/aromatic N) is 2. The summed E-state index contributed by atoms with van der Waals surface area (Å²) in [5, 5.41) is 11.3. The van der Waals surface area contributed by atoms with Crippen molar-refractivity contribution in [3.05, 3.63) is 93.7 Å². The van der Waals surface area contributed by atoms with E-state index in [0.717, 1.165) is 0 Å². The zero-order chi connectivity index (χ0) is 26.0. The normalized spacial score (nSPS) is 16.9. The number of hydrogen-bond acceptors (Lipinski definition) is 7. The Morgan fingerprint density at radius 2 is 1.83 bits per heavy atom. The maximum atomic E-state index is 13.3. The number of benzene rings is 2. The van der Waals surface area contributed by atoms with Gasteiger partial charge in [0.05, 0.1) is 34.5 Å². The Bertz CT molecular complexity index is 1370. The SMILES string of the molecule is COc1ccc(/C(O)=C2\C(=O)C(=O)N(c3cccc(C(=O)OC(C)C)c3)C2c2ccccn2)cc1Br. The van der Waals surface area contributed by atoms with Crippen molar-refractivity contribution in [3.63, 3.8) is 0 Å². The van der Waals surface area contributed by atoms with Gasteiger partial charge in [-0.3, -0.25) is 19.5 Å². The molecule has 0 aliphatic carbocycles. The maximum Gasteiger partial charge on any atom is 0.338 e. The Balaban J connectivity index is 1.88. The molecule has 9 heteroatoms. The van der Waals surface area contributed by atoms with E-state index < -0.39 is 23.7 Å². The van der Waals surface area contributed by atoms with Crippen molar-refractivity contribution in [2.24, 2.45) is 0 Å². The maximum absolute atomic E-state index is 13.3. The highest BCUT2D eigenvalue weighted by atomic mass is 79.9. The number of aliphatic hydroxyl groups is 1. The fraction of sp³-hybridized carbons (Fsp3) is 0.185. The quantitative estimate of drug-likeness (QED) is 0.198. The van der Waals surface area contributed by atoms with E-state index >= 15 is 0 Å². The van der Waals surface area contributed by atoms with Gasteiger partial charge < -0.3 is 14.6 Å². The van der Waals surface area contributed by atoms with Crippen molar-refractivity contribution < 1.29 is 29.0 Å². The van der Waals surface area contributed by atoms with Crippen LogP contribution in [0.4, 0.5) is 5.69 Å². The summed E-state index contributed by atoms with van der Waals surface area (Å²) < 4.78 is 11.1. The van der Waals surface area contributed by atoms with E-state index in [1.165, 1.54) is 24.3 Å². The fourth-order valence-electron chi connectivity index (χ4n) is 3.95. The molecule has 4 rings (SSSR count). The number of anilines is 1. The summed E-state index contributed by atoms with van der Waals surface area (Å²) in [5.41, 5.74) is 1.09. The largest absolute Gasteiger partial charge is 0.507 e. The second-order valence-electron chi connectivity index (χ2n) is 8.28. The van der Waals surface area contributed by atoms with Crippen molar-refractivity contribution in [2.45, 2.75) is 26.0 Å². The number of amides is 1. The average Bonchev–Trinajstić information content (AvgIpc) is 3.14. The average molecular weight is 551 g/mol. The number of carbonyl (C=O) groups excluding carboxylic acids is 3. The molecule has 184 valence electrons. The zero-order valence-corrected chi connectivity index (χ0v) is 21.4. The predicted octanol–water partition coefficient (Wildman–Crippen LogP) is 5.04. The third kappa shape index (κ3) is 4.74. The first-order valence-corrected chi connectivity index (χ1v) is 11.9. The Labute approximate surface area is 216 Å². The van der Waals surface area contributed by atoms with Gasteiger partial charge in [0, 0.05) is 17.4 Å². The number of rotatable bonds is 6. The number of esters is 1. The minimum Gasteiger partial charge on any atom is -0.507 e. The highest BCUT2D eigenvalue weighted by molar-refractivity contribution is 9.10. The first-order chi connectivity index (χ1) is 17.2. The number of aliphatic hydroxyl groups excluding tert-OH is 1. The number of methoxy groups -OCH3 is 1. The number of halogens is 1. The molecule has 0 spiro atoms. The highest BCUT2D eigenvalue weighted by Gasteiger charge is 2.47. The molecule has 1 aromatic heterocycles. The topological polar surface area (TPSA) is 106 Å². The number of hydrogen-bond donors (Lipinski definition) is 1. The lowest BCUT2D eigenvalue weighted by Gasteiger charge is -2.25. The van der Waals surface area contributed by atoms with Gasteiger partial charge in [0.2, 0.25) is 0 Å². The van der Waals surface area contributed by atoms with E-state index in [2.05, 4.69) is 20.9 Å². The smallest absolute Gasteiger partial charge is 0.338 e.